The number of ether oxygens (including phenoxy) is 2. The van der Waals surface area contributed by atoms with Crippen molar-refractivity contribution in [3.63, 3.8) is 0 Å². The second kappa shape index (κ2) is 8.97. The van der Waals surface area contributed by atoms with Crippen molar-refractivity contribution in [1.29, 1.82) is 0 Å². The average molecular weight is 188 g/mol. The highest BCUT2D eigenvalue weighted by Crippen LogP contribution is 1.93. The van der Waals surface area contributed by atoms with Gasteiger partial charge in [0.1, 0.15) is 15.4 Å². The van der Waals surface area contributed by atoms with Gasteiger partial charge in [0, 0.05) is 13.2 Å². The highest BCUT2D eigenvalue weighted by Gasteiger charge is 2.04. The Hall–Kier alpha value is -0.123. The van der Waals surface area contributed by atoms with E-state index in [0.717, 1.165) is 19.6 Å². The molecule has 0 rings (SSSR count). The van der Waals surface area contributed by atoms with E-state index < -0.39 is 0 Å². The Balaban J connectivity index is 3.54. The van der Waals surface area contributed by atoms with Crippen LogP contribution >= 0.6 is 0 Å². The zero-order valence-electron chi connectivity index (χ0n) is 8.38. The van der Waals surface area contributed by atoms with E-state index in [4.69, 9.17) is 9.47 Å². The monoisotopic (exact) mass is 188 g/mol. The molecule has 12 heavy (non-hydrogen) atoms. The molecule has 0 aromatic rings. The lowest BCUT2D eigenvalue weighted by molar-refractivity contribution is -0.0818. The Morgan fingerprint density at radius 2 is 1.75 bits per heavy atom. The lowest BCUT2D eigenvalue weighted by atomic mass is 10.5. The molecule has 0 saturated heterocycles. The Kier molecular flexibility index (Phi) is 8.88. The van der Waals surface area contributed by atoms with Crippen molar-refractivity contribution in [3.05, 3.63) is 11.8 Å². The van der Waals surface area contributed by atoms with Gasteiger partial charge in [-0.2, -0.15) is 0 Å². The Morgan fingerprint density at radius 3 is 2.17 bits per heavy atom. The largest absolute Gasteiger partial charge is 0.357 e. The highest BCUT2D eigenvalue weighted by molar-refractivity contribution is 6.43. The Bertz CT molecular complexity index is 109. The van der Waals surface area contributed by atoms with Gasteiger partial charge in [-0.25, -0.2) is 0 Å². The van der Waals surface area contributed by atoms with Gasteiger partial charge in [0.05, 0.1) is 0 Å². The second-order valence-corrected chi connectivity index (χ2v) is 4.07. The Labute approximate surface area is 77.8 Å². The van der Waals surface area contributed by atoms with Crippen LogP contribution in [0.3, 0.4) is 0 Å². The summed E-state index contributed by atoms with van der Waals surface area (Å²) < 4.78 is 10.8. The first-order chi connectivity index (χ1) is 5.85. The van der Waals surface area contributed by atoms with Gasteiger partial charge >= 0.3 is 0 Å². The predicted molar refractivity (Wildman–Crippen MR) is 55.0 cm³/mol. The molecule has 72 valence electrons. The molecule has 0 fully saturated rings. The molecule has 0 aromatic heterocycles. The minimum absolute atomic E-state index is 0.0859. The summed E-state index contributed by atoms with van der Waals surface area (Å²) in [5.74, 6) is 0.0859. The van der Waals surface area contributed by atoms with Crippen LogP contribution in [-0.2, 0) is 9.47 Å². The highest BCUT2D eigenvalue weighted by atomic mass is 28.2. The van der Waals surface area contributed by atoms with Crippen LogP contribution in [0.1, 0.15) is 27.2 Å². The van der Waals surface area contributed by atoms with Crippen molar-refractivity contribution in [2.75, 3.05) is 13.2 Å². The minimum atomic E-state index is -0.333. The van der Waals surface area contributed by atoms with Crippen molar-refractivity contribution in [2.24, 2.45) is 0 Å². The summed E-state index contributed by atoms with van der Waals surface area (Å²) in [4.78, 5) is 0. The lowest BCUT2D eigenvalue weighted by Crippen LogP contribution is -2.23. The van der Waals surface area contributed by atoms with Gasteiger partial charge < -0.3 is 9.47 Å². The fraction of sp³-hybridized carbons (Fsp3) is 0.778. The van der Waals surface area contributed by atoms with Crippen LogP contribution in [-0.4, -0.2) is 28.6 Å². The molecule has 3 heteroatoms. The van der Waals surface area contributed by atoms with Gasteiger partial charge in [0.15, 0.2) is 0 Å². The molecule has 0 aliphatic carbocycles. The van der Waals surface area contributed by atoms with Crippen LogP contribution in [0.2, 0.25) is 0 Å². The standard InChI is InChI=1S/C9H20O2Si/c1-4-7-8-12-9(10-5-2)11-6-3/h7-9H,4-6,12H2,1-3H3. The van der Waals surface area contributed by atoms with E-state index in [0.29, 0.717) is 0 Å². The fourth-order valence-electron chi connectivity index (χ4n) is 0.930. The van der Waals surface area contributed by atoms with E-state index in [2.05, 4.69) is 18.7 Å². The molecular weight excluding hydrogens is 168 g/mol. The van der Waals surface area contributed by atoms with Gasteiger partial charge in [-0.15, -0.1) is 0 Å². The quantitative estimate of drug-likeness (QED) is 0.444. The first kappa shape index (κ1) is 11.9. The van der Waals surface area contributed by atoms with Crippen LogP contribution in [0.5, 0.6) is 0 Å². The van der Waals surface area contributed by atoms with Crippen molar-refractivity contribution in [2.45, 2.75) is 33.1 Å². The molecule has 0 aliphatic rings. The fourth-order valence-corrected chi connectivity index (χ4v) is 2.42. The summed E-state index contributed by atoms with van der Waals surface area (Å²) in [6.45, 7) is 7.64. The first-order valence-electron chi connectivity index (χ1n) is 4.73. The molecule has 0 spiro atoms. The molecule has 0 N–H and O–H groups in total. The Morgan fingerprint density at radius 1 is 1.17 bits per heavy atom. The average Bonchev–Trinajstić information content (AvgIpc) is 2.06. The summed E-state index contributed by atoms with van der Waals surface area (Å²) in [5.41, 5.74) is 2.25. The molecular formula is C9H20O2Si. The summed E-state index contributed by atoms with van der Waals surface area (Å²) in [5, 5.41) is 0. The van der Waals surface area contributed by atoms with E-state index in [-0.39, 0.29) is 15.4 Å². The maximum atomic E-state index is 5.42. The van der Waals surface area contributed by atoms with Crippen molar-refractivity contribution in [1.82, 2.24) is 0 Å². The van der Waals surface area contributed by atoms with Gasteiger partial charge in [-0.1, -0.05) is 18.7 Å². The van der Waals surface area contributed by atoms with Gasteiger partial charge in [0.25, 0.3) is 0 Å². The van der Waals surface area contributed by atoms with Crippen LogP contribution < -0.4 is 0 Å². The summed E-state index contributed by atoms with van der Waals surface area (Å²) >= 11 is 0. The van der Waals surface area contributed by atoms with Crippen molar-refractivity contribution in [3.8, 4) is 0 Å². The molecule has 0 aliphatic heterocycles. The van der Waals surface area contributed by atoms with Crippen LogP contribution in [0.4, 0.5) is 0 Å². The van der Waals surface area contributed by atoms with E-state index in [1.165, 1.54) is 0 Å². The van der Waals surface area contributed by atoms with Crippen molar-refractivity contribution >= 4 is 9.52 Å². The molecule has 0 amide bonds. The van der Waals surface area contributed by atoms with Crippen LogP contribution in [0.15, 0.2) is 11.8 Å². The third-order valence-corrected chi connectivity index (χ3v) is 2.90. The number of hydrogen-bond donors (Lipinski definition) is 0. The minimum Gasteiger partial charge on any atom is -0.357 e. The topological polar surface area (TPSA) is 18.5 Å². The van der Waals surface area contributed by atoms with E-state index in [1.54, 1.807) is 0 Å². The van der Waals surface area contributed by atoms with E-state index in [1.807, 2.05) is 13.8 Å². The maximum Gasteiger partial charge on any atom is 0.139 e. The maximum absolute atomic E-state index is 5.42. The SMILES string of the molecule is CCC=C[SiH2]C(OCC)OCC. The molecule has 0 radical (unpaired) electrons. The number of hydrogen-bond acceptors (Lipinski definition) is 2. The molecule has 0 heterocycles. The number of allylic oxidation sites excluding steroid dienone is 1. The molecule has 0 saturated carbocycles. The van der Waals surface area contributed by atoms with Gasteiger partial charge in [-0.3, -0.25) is 0 Å². The third kappa shape index (κ3) is 6.58. The third-order valence-electron chi connectivity index (χ3n) is 1.44. The van der Waals surface area contributed by atoms with Crippen molar-refractivity contribution < 1.29 is 9.47 Å². The molecule has 0 atom stereocenters. The summed E-state index contributed by atoms with van der Waals surface area (Å²) in [6.07, 6.45) is 3.30. The lowest BCUT2D eigenvalue weighted by Gasteiger charge is -2.14. The van der Waals surface area contributed by atoms with Gasteiger partial charge in [0.2, 0.25) is 0 Å². The summed E-state index contributed by atoms with van der Waals surface area (Å²) in [6, 6.07) is 0. The molecule has 0 unspecified atom stereocenters. The summed E-state index contributed by atoms with van der Waals surface area (Å²) in [7, 11) is -0.333. The first-order valence-corrected chi connectivity index (χ1v) is 6.36. The van der Waals surface area contributed by atoms with Crippen LogP contribution in [0.25, 0.3) is 0 Å². The second-order valence-electron chi connectivity index (χ2n) is 2.46. The predicted octanol–water partition coefficient (Wildman–Crippen LogP) is 1.44. The van der Waals surface area contributed by atoms with Crippen LogP contribution in [0, 0.1) is 0 Å². The van der Waals surface area contributed by atoms with E-state index in [9.17, 15) is 0 Å². The smallest absolute Gasteiger partial charge is 0.139 e. The normalized spacial score (nSPS) is 12.7. The zero-order valence-corrected chi connectivity index (χ0v) is 9.79. The molecule has 2 nitrogen and oxygen atoms in total. The van der Waals surface area contributed by atoms with Gasteiger partial charge in [-0.05, 0) is 20.3 Å². The molecule has 0 bridgehead atoms. The number of rotatable bonds is 7. The zero-order chi connectivity index (χ0) is 9.23. The van der Waals surface area contributed by atoms with E-state index >= 15 is 0 Å². The molecule has 0 aromatic carbocycles.